The normalized spacial score (nSPS) is 20.8. The van der Waals surface area contributed by atoms with Crippen molar-refractivity contribution >= 4 is 43.2 Å². The number of sulfonamides is 1. The Morgan fingerprint density at radius 1 is 1.38 bits per heavy atom. The van der Waals surface area contributed by atoms with Gasteiger partial charge in [0, 0.05) is 32.0 Å². The average Bonchev–Trinajstić information content (AvgIpc) is 3.26. The number of rotatable bonds is 4. The maximum atomic E-state index is 14.8. The molecule has 0 radical (unpaired) electrons. The van der Waals surface area contributed by atoms with Crippen LogP contribution in [0.25, 0.3) is 10.2 Å². The molecular weight excluding hydrogens is 417 g/mol. The minimum absolute atomic E-state index is 0.0617. The summed E-state index contributed by atoms with van der Waals surface area (Å²) in [6.07, 6.45) is -0.0889. The van der Waals surface area contributed by atoms with Crippen LogP contribution in [0.1, 0.15) is 12.1 Å². The number of aromatic nitrogens is 3. The Balaban J connectivity index is 1.45. The van der Waals surface area contributed by atoms with Gasteiger partial charge in [0.1, 0.15) is 11.1 Å². The molecule has 0 bridgehead atoms. The molecule has 0 aliphatic carbocycles. The maximum absolute atomic E-state index is 14.8. The summed E-state index contributed by atoms with van der Waals surface area (Å²) in [4.78, 5) is 16.8. The molecule has 3 heterocycles. The van der Waals surface area contributed by atoms with Crippen LogP contribution in [0.15, 0.2) is 34.8 Å². The van der Waals surface area contributed by atoms with Crippen molar-refractivity contribution in [1.29, 1.82) is 0 Å². The number of hydrogen-bond acceptors (Lipinski definition) is 6. The fourth-order valence-electron chi connectivity index (χ4n) is 3.53. The van der Waals surface area contributed by atoms with Crippen LogP contribution < -0.4 is 5.32 Å². The van der Waals surface area contributed by atoms with Crippen LogP contribution in [0, 0.1) is 12.8 Å². The molecule has 0 unspecified atom stereocenters. The molecule has 8 nitrogen and oxygen atoms in total. The SMILES string of the molecule is Cc1nn(C)cc1S(=O)(=O)N1CC[C@H](C(=O)Nc2ccc3scnc3c2)[C@H](F)C1. The highest BCUT2D eigenvalue weighted by Gasteiger charge is 2.40. The van der Waals surface area contributed by atoms with E-state index in [0.717, 1.165) is 14.5 Å². The van der Waals surface area contributed by atoms with Crippen molar-refractivity contribution in [2.75, 3.05) is 18.4 Å². The van der Waals surface area contributed by atoms with Gasteiger partial charge in [-0.25, -0.2) is 17.8 Å². The quantitative estimate of drug-likeness (QED) is 0.676. The van der Waals surface area contributed by atoms with Crippen LogP contribution in [-0.2, 0) is 21.9 Å². The summed E-state index contributed by atoms with van der Waals surface area (Å²) < 4.78 is 44.0. The average molecular weight is 438 g/mol. The van der Waals surface area contributed by atoms with Gasteiger partial charge in [-0.3, -0.25) is 9.48 Å². The lowest BCUT2D eigenvalue weighted by molar-refractivity contribution is -0.123. The molecule has 154 valence electrons. The molecule has 1 aliphatic rings. The molecule has 1 amide bonds. The number of carbonyl (C=O) groups is 1. The third-order valence-corrected chi connectivity index (χ3v) is 7.80. The van der Waals surface area contributed by atoms with Crippen LogP contribution in [0.3, 0.4) is 0 Å². The van der Waals surface area contributed by atoms with E-state index in [9.17, 15) is 17.6 Å². The zero-order valence-electron chi connectivity index (χ0n) is 15.9. The lowest BCUT2D eigenvalue weighted by atomic mass is 9.95. The Morgan fingerprint density at radius 3 is 2.86 bits per heavy atom. The van der Waals surface area contributed by atoms with Gasteiger partial charge in [0.2, 0.25) is 15.9 Å². The van der Waals surface area contributed by atoms with Crippen molar-refractivity contribution in [2.45, 2.75) is 24.4 Å². The summed E-state index contributed by atoms with van der Waals surface area (Å²) in [5.74, 6) is -1.37. The molecular formula is C18H20FN5O3S2. The number of fused-ring (bicyclic) bond motifs is 1. The first kappa shape index (κ1) is 19.9. The molecule has 3 aromatic rings. The summed E-state index contributed by atoms with van der Waals surface area (Å²) in [6.45, 7) is 1.30. The number of benzene rings is 1. The van der Waals surface area contributed by atoms with Crippen LogP contribution >= 0.6 is 11.3 Å². The Labute approximate surface area is 171 Å². The Morgan fingerprint density at radius 2 is 2.17 bits per heavy atom. The lowest BCUT2D eigenvalue weighted by Crippen LogP contribution is -2.48. The van der Waals surface area contributed by atoms with E-state index < -0.39 is 28.0 Å². The summed E-state index contributed by atoms with van der Waals surface area (Å²) in [5.41, 5.74) is 3.38. The molecule has 1 fully saturated rings. The summed E-state index contributed by atoms with van der Waals surface area (Å²) in [7, 11) is -2.23. The van der Waals surface area contributed by atoms with Gasteiger partial charge < -0.3 is 5.32 Å². The number of carbonyl (C=O) groups excluding carboxylic acids is 1. The number of halogens is 1. The summed E-state index contributed by atoms with van der Waals surface area (Å²) >= 11 is 1.49. The molecule has 1 N–H and O–H groups in total. The van der Waals surface area contributed by atoms with E-state index in [-0.39, 0.29) is 24.4 Å². The van der Waals surface area contributed by atoms with Gasteiger partial charge in [0.15, 0.2) is 0 Å². The molecule has 1 aliphatic heterocycles. The first-order chi connectivity index (χ1) is 13.8. The fraction of sp³-hybridized carbons (Fsp3) is 0.389. The second kappa shape index (κ2) is 7.47. The molecule has 1 saturated heterocycles. The highest BCUT2D eigenvalue weighted by Crippen LogP contribution is 2.28. The van der Waals surface area contributed by atoms with Gasteiger partial charge in [-0.2, -0.15) is 9.40 Å². The van der Waals surface area contributed by atoms with Gasteiger partial charge in [-0.15, -0.1) is 11.3 Å². The summed E-state index contributed by atoms with van der Waals surface area (Å²) in [6, 6.07) is 5.33. The van der Waals surface area contributed by atoms with Gasteiger partial charge in [0.05, 0.1) is 27.3 Å². The zero-order chi connectivity index (χ0) is 20.8. The molecule has 2 atom stereocenters. The lowest BCUT2D eigenvalue weighted by Gasteiger charge is -2.33. The van der Waals surface area contributed by atoms with E-state index in [1.807, 2.05) is 6.07 Å². The van der Waals surface area contributed by atoms with Crippen molar-refractivity contribution in [1.82, 2.24) is 19.1 Å². The first-order valence-electron chi connectivity index (χ1n) is 9.04. The van der Waals surface area contributed by atoms with Gasteiger partial charge in [-0.05, 0) is 31.5 Å². The molecule has 2 aromatic heterocycles. The van der Waals surface area contributed by atoms with Crippen LogP contribution in [0.2, 0.25) is 0 Å². The Kier molecular flexibility index (Phi) is 5.13. The Bertz CT molecular complexity index is 1170. The molecule has 11 heteroatoms. The van der Waals surface area contributed by atoms with E-state index in [1.54, 1.807) is 31.6 Å². The van der Waals surface area contributed by atoms with E-state index in [1.165, 1.54) is 22.2 Å². The monoisotopic (exact) mass is 437 g/mol. The predicted molar refractivity (Wildman–Crippen MR) is 108 cm³/mol. The van der Waals surface area contributed by atoms with Crippen LogP contribution in [0.5, 0.6) is 0 Å². The smallest absolute Gasteiger partial charge is 0.246 e. The molecule has 4 rings (SSSR count). The number of amides is 1. The largest absolute Gasteiger partial charge is 0.326 e. The van der Waals surface area contributed by atoms with Gasteiger partial charge in [-0.1, -0.05) is 0 Å². The minimum Gasteiger partial charge on any atom is -0.326 e. The highest BCUT2D eigenvalue weighted by atomic mass is 32.2. The topological polar surface area (TPSA) is 97.2 Å². The number of aryl methyl sites for hydroxylation is 2. The van der Waals surface area contributed by atoms with Crippen molar-refractivity contribution in [3.05, 3.63) is 35.6 Å². The molecule has 29 heavy (non-hydrogen) atoms. The molecule has 0 spiro atoms. The third kappa shape index (κ3) is 3.77. The Hall–Kier alpha value is -2.37. The second-order valence-electron chi connectivity index (χ2n) is 7.05. The van der Waals surface area contributed by atoms with Gasteiger partial charge in [0.25, 0.3) is 0 Å². The summed E-state index contributed by atoms with van der Waals surface area (Å²) in [5, 5.41) is 6.77. The van der Waals surface area contributed by atoms with E-state index in [4.69, 9.17) is 0 Å². The highest BCUT2D eigenvalue weighted by molar-refractivity contribution is 7.89. The number of nitrogens with one attached hydrogen (secondary N) is 1. The van der Waals surface area contributed by atoms with E-state index in [2.05, 4.69) is 15.4 Å². The number of anilines is 1. The van der Waals surface area contributed by atoms with E-state index in [0.29, 0.717) is 11.4 Å². The maximum Gasteiger partial charge on any atom is 0.246 e. The predicted octanol–water partition coefficient (Wildman–Crippen LogP) is 2.33. The molecule has 1 aromatic carbocycles. The van der Waals surface area contributed by atoms with Crippen LogP contribution in [-0.4, -0.2) is 52.7 Å². The second-order valence-corrected chi connectivity index (χ2v) is 9.84. The van der Waals surface area contributed by atoms with Crippen molar-refractivity contribution in [3.8, 4) is 0 Å². The zero-order valence-corrected chi connectivity index (χ0v) is 17.5. The number of hydrogen-bond donors (Lipinski definition) is 1. The van der Waals surface area contributed by atoms with Crippen molar-refractivity contribution in [3.63, 3.8) is 0 Å². The number of thiazole rings is 1. The van der Waals surface area contributed by atoms with Gasteiger partial charge >= 0.3 is 0 Å². The van der Waals surface area contributed by atoms with Crippen LogP contribution in [0.4, 0.5) is 10.1 Å². The third-order valence-electron chi connectivity index (χ3n) is 5.03. The number of piperidine rings is 1. The minimum atomic E-state index is -3.86. The fourth-order valence-corrected chi connectivity index (χ4v) is 5.85. The van der Waals surface area contributed by atoms with Crippen molar-refractivity contribution in [2.24, 2.45) is 13.0 Å². The number of alkyl halides is 1. The molecule has 0 saturated carbocycles. The van der Waals surface area contributed by atoms with E-state index >= 15 is 0 Å². The van der Waals surface area contributed by atoms with Crippen molar-refractivity contribution < 1.29 is 17.6 Å². The first-order valence-corrected chi connectivity index (χ1v) is 11.4. The standard InChI is InChI=1S/C18H20FN5O3S2/c1-11-17(9-23(2)22-11)29(26,27)24-6-5-13(14(19)8-24)18(25)21-12-3-4-16-15(7-12)20-10-28-16/h3-4,7,9-10,13-14H,5-6,8H2,1-2H3,(H,21,25)/t13-,14+/m0/s1. The number of nitrogens with zero attached hydrogens (tertiary/aromatic N) is 4.